The van der Waals surface area contributed by atoms with Gasteiger partial charge in [0.05, 0.1) is 50.1 Å². The van der Waals surface area contributed by atoms with Gasteiger partial charge in [0.25, 0.3) is 5.91 Å². The average Bonchev–Trinajstić information content (AvgIpc) is 3.67. The first-order chi connectivity index (χ1) is 20.2. The molecule has 3 aromatic carbocycles. The highest BCUT2D eigenvalue weighted by Gasteiger charge is 2.32. The van der Waals surface area contributed by atoms with Crippen LogP contribution in [0, 0.1) is 13.8 Å². The molecule has 1 saturated heterocycles. The van der Waals surface area contributed by atoms with E-state index in [4.69, 9.17) is 15.1 Å². The first-order valence-corrected chi connectivity index (χ1v) is 16.3. The highest BCUT2D eigenvalue weighted by molar-refractivity contribution is 7.91. The van der Waals surface area contributed by atoms with Gasteiger partial charge in [-0.2, -0.15) is 5.10 Å². The molecule has 0 spiro atoms. The Hall–Kier alpha value is -4.41. The van der Waals surface area contributed by atoms with E-state index in [0.29, 0.717) is 40.1 Å². The minimum Gasteiger partial charge on any atom is -0.322 e. The number of thiazole rings is 1. The average molecular weight is 594 g/mol. The molecule has 0 radical (unpaired) electrons. The normalized spacial score (nSPS) is 16.3. The number of nitrogens with one attached hydrogen (secondary N) is 1. The van der Waals surface area contributed by atoms with Gasteiger partial charge in [0.1, 0.15) is 5.01 Å². The molecule has 0 aliphatic carbocycles. The van der Waals surface area contributed by atoms with Crippen molar-refractivity contribution in [3.05, 3.63) is 95.7 Å². The molecule has 1 atom stereocenters. The summed E-state index contributed by atoms with van der Waals surface area (Å²) < 4.78 is 27.4. The van der Waals surface area contributed by atoms with Crippen molar-refractivity contribution in [1.29, 1.82) is 0 Å². The van der Waals surface area contributed by atoms with Gasteiger partial charge in [0, 0.05) is 16.8 Å². The van der Waals surface area contributed by atoms with E-state index in [1.807, 2.05) is 67.6 Å². The SMILES string of the molecule is Cc1ccc2nc(-c3ccc(NC(=O)c4cc(-c5ccccc5)nc5c4c(C)nn5C4CCS(=O)(=O)C4)cc3)sc2c1. The molecule has 42 heavy (non-hydrogen) atoms. The van der Waals surface area contributed by atoms with Crippen LogP contribution >= 0.6 is 11.3 Å². The van der Waals surface area contributed by atoms with E-state index in [1.165, 1.54) is 5.56 Å². The van der Waals surface area contributed by atoms with Crippen LogP contribution in [0.25, 0.3) is 43.1 Å². The number of rotatable bonds is 5. The van der Waals surface area contributed by atoms with Crippen LogP contribution in [0.2, 0.25) is 0 Å². The van der Waals surface area contributed by atoms with Crippen LogP contribution in [-0.2, 0) is 9.84 Å². The Morgan fingerprint density at radius 2 is 1.74 bits per heavy atom. The molecule has 1 aliphatic heterocycles. The number of aromatic nitrogens is 4. The Labute approximate surface area is 247 Å². The van der Waals surface area contributed by atoms with Crippen molar-refractivity contribution in [2.24, 2.45) is 0 Å². The van der Waals surface area contributed by atoms with E-state index in [9.17, 15) is 13.2 Å². The molecule has 1 fully saturated rings. The fourth-order valence-electron chi connectivity index (χ4n) is 5.52. The number of aryl methyl sites for hydroxylation is 2. The number of pyridine rings is 1. The molecule has 0 saturated carbocycles. The minimum absolute atomic E-state index is 0.0165. The highest BCUT2D eigenvalue weighted by atomic mass is 32.2. The highest BCUT2D eigenvalue weighted by Crippen LogP contribution is 2.34. The van der Waals surface area contributed by atoms with Gasteiger partial charge in [0.2, 0.25) is 0 Å². The molecular formula is C32H27N5O3S2. The number of hydrogen-bond donors (Lipinski definition) is 1. The van der Waals surface area contributed by atoms with Crippen LogP contribution in [0.15, 0.2) is 78.9 Å². The predicted molar refractivity (Wildman–Crippen MR) is 168 cm³/mol. The van der Waals surface area contributed by atoms with Crippen molar-refractivity contribution in [2.75, 3.05) is 16.8 Å². The second kappa shape index (κ2) is 10.1. The van der Waals surface area contributed by atoms with E-state index >= 15 is 0 Å². The van der Waals surface area contributed by atoms with Gasteiger partial charge < -0.3 is 5.32 Å². The standard InChI is InChI=1S/C32H27N5O3S2/c1-19-8-13-26-28(16-19)41-32(35-26)22-9-11-23(12-10-22)33-31(38)25-17-27(21-6-4-3-5-7-21)34-30-29(25)20(2)36-37(30)24-14-15-42(39,40)18-24/h3-13,16-17,24H,14-15,18H2,1-2H3,(H,33,38). The Morgan fingerprint density at radius 3 is 2.48 bits per heavy atom. The van der Waals surface area contributed by atoms with Crippen molar-refractivity contribution in [3.63, 3.8) is 0 Å². The summed E-state index contributed by atoms with van der Waals surface area (Å²) in [6.07, 6.45) is 0.470. The van der Waals surface area contributed by atoms with Crippen molar-refractivity contribution in [1.82, 2.24) is 19.7 Å². The summed E-state index contributed by atoms with van der Waals surface area (Å²) in [5.74, 6) is -0.150. The second-order valence-corrected chi connectivity index (χ2v) is 14.0. The maximum Gasteiger partial charge on any atom is 0.256 e. The Morgan fingerprint density at radius 1 is 0.952 bits per heavy atom. The smallest absolute Gasteiger partial charge is 0.256 e. The zero-order chi connectivity index (χ0) is 29.0. The van der Waals surface area contributed by atoms with Gasteiger partial charge >= 0.3 is 0 Å². The van der Waals surface area contributed by atoms with Crippen LogP contribution in [0.3, 0.4) is 0 Å². The fraction of sp³-hybridized carbons (Fsp3) is 0.188. The maximum atomic E-state index is 13.8. The van der Waals surface area contributed by atoms with Crippen molar-refractivity contribution in [3.8, 4) is 21.8 Å². The number of hydrogen-bond acceptors (Lipinski definition) is 7. The van der Waals surface area contributed by atoms with Crippen LogP contribution in [0.5, 0.6) is 0 Å². The van der Waals surface area contributed by atoms with E-state index in [0.717, 1.165) is 26.4 Å². The third-order valence-electron chi connectivity index (χ3n) is 7.64. The van der Waals surface area contributed by atoms with Crippen molar-refractivity contribution < 1.29 is 13.2 Å². The summed E-state index contributed by atoms with van der Waals surface area (Å²) in [5.41, 5.74) is 6.87. The predicted octanol–water partition coefficient (Wildman–Crippen LogP) is 6.60. The zero-order valence-corrected chi connectivity index (χ0v) is 24.7. The van der Waals surface area contributed by atoms with Gasteiger partial charge in [0.15, 0.2) is 15.5 Å². The topological polar surface area (TPSA) is 107 Å². The molecule has 1 amide bonds. The van der Waals surface area contributed by atoms with Gasteiger partial charge in [-0.25, -0.2) is 23.1 Å². The van der Waals surface area contributed by atoms with Gasteiger partial charge in [-0.3, -0.25) is 4.79 Å². The molecule has 4 heterocycles. The Bertz CT molecular complexity index is 2100. The lowest BCUT2D eigenvalue weighted by molar-refractivity contribution is 0.102. The molecule has 6 aromatic rings. The number of anilines is 1. The van der Waals surface area contributed by atoms with Gasteiger partial charge in [-0.1, -0.05) is 36.4 Å². The zero-order valence-electron chi connectivity index (χ0n) is 23.0. The van der Waals surface area contributed by atoms with E-state index in [-0.39, 0.29) is 23.5 Å². The Kier molecular flexibility index (Phi) is 6.40. The second-order valence-electron chi connectivity index (χ2n) is 10.7. The number of carbonyl (C=O) groups is 1. The van der Waals surface area contributed by atoms with E-state index < -0.39 is 9.84 Å². The third kappa shape index (κ3) is 4.86. The van der Waals surface area contributed by atoms with Crippen LogP contribution in [0.4, 0.5) is 5.69 Å². The molecule has 210 valence electrons. The quantitative estimate of drug-likeness (QED) is 0.241. The summed E-state index contributed by atoms with van der Waals surface area (Å²) in [6, 6.07) is 25.0. The third-order valence-corrected chi connectivity index (χ3v) is 10.5. The minimum atomic E-state index is -3.14. The molecular weight excluding hydrogens is 567 g/mol. The largest absolute Gasteiger partial charge is 0.322 e. The summed E-state index contributed by atoms with van der Waals surface area (Å²) in [6.45, 7) is 3.90. The molecule has 3 aromatic heterocycles. The summed E-state index contributed by atoms with van der Waals surface area (Å²) in [4.78, 5) is 23.5. The number of amides is 1. The molecule has 10 heteroatoms. The number of nitrogens with zero attached hydrogens (tertiary/aromatic N) is 4. The van der Waals surface area contributed by atoms with Crippen LogP contribution < -0.4 is 5.32 Å². The van der Waals surface area contributed by atoms with E-state index in [1.54, 1.807) is 22.1 Å². The van der Waals surface area contributed by atoms with Crippen molar-refractivity contribution in [2.45, 2.75) is 26.3 Å². The molecule has 1 N–H and O–H groups in total. The molecule has 1 aliphatic rings. The summed E-state index contributed by atoms with van der Waals surface area (Å²) in [5, 5.41) is 9.29. The van der Waals surface area contributed by atoms with E-state index in [2.05, 4.69) is 24.4 Å². The monoisotopic (exact) mass is 593 g/mol. The Balaban J connectivity index is 1.25. The number of benzene rings is 3. The lowest BCUT2D eigenvalue weighted by atomic mass is 10.0. The van der Waals surface area contributed by atoms with Crippen LogP contribution in [0.1, 0.15) is 34.1 Å². The van der Waals surface area contributed by atoms with Crippen LogP contribution in [-0.4, -0.2) is 45.6 Å². The molecule has 1 unspecified atom stereocenters. The first kappa shape index (κ1) is 26.5. The lowest BCUT2D eigenvalue weighted by Gasteiger charge is -2.12. The summed E-state index contributed by atoms with van der Waals surface area (Å²) in [7, 11) is -3.14. The maximum absolute atomic E-state index is 13.8. The van der Waals surface area contributed by atoms with Gasteiger partial charge in [-0.15, -0.1) is 11.3 Å². The molecule has 7 rings (SSSR count). The molecule has 8 nitrogen and oxygen atoms in total. The number of fused-ring (bicyclic) bond motifs is 2. The number of sulfone groups is 1. The van der Waals surface area contributed by atoms with Gasteiger partial charge in [-0.05, 0) is 68.3 Å². The molecule has 0 bridgehead atoms. The summed E-state index contributed by atoms with van der Waals surface area (Å²) >= 11 is 1.64. The number of carbonyl (C=O) groups excluding carboxylic acids is 1. The first-order valence-electron chi connectivity index (χ1n) is 13.7. The fourth-order valence-corrected chi connectivity index (χ4v) is 8.28. The lowest BCUT2D eigenvalue weighted by Crippen LogP contribution is -2.15. The van der Waals surface area contributed by atoms with Crippen molar-refractivity contribution >= 4 is 54.0 Å².